The van der Waals surface area contributed by atoms with Gasteiger partial charge in [-0.3, -0.25) is 4.79 Å². The molecule has 1 unspecified atom stereocenters. The van der Waals surface area contributed by atoms with Crippen molar-refractivity contribution >= 4 is 11.9 Å². The number of carboxylic acids is 1. The van der Waals surface area contributed by atoms with Crippen LogP contribution >= 0.6 is 0 Å². The lowest BCUT2D eigenvalue weighted by Crippen LogP contribution is -2.58. The van der Waals surface area contributed by atoms with E-state index in [2.05, 4.69) is 24.1 Å². The van der Waals surface area contributed by atoms with Crippen LogP contribution in [0.15, 0.2) is 0 Å². The van der Waals surface area contributed by atoms with Crippen LogP contribution in [0.3, 0.4) is 0 Å². The summed E-state index contributed by atoms with van der Waals surface area (Å²) in [5.41, 5.74) is 0.215. The smallest absolute Gasteiger partial charge is 0.475 e. The number of nitrogens with zero attached hydrogens (tertiary/aromatic N) is 1. The minimum absolute atomic E-state index is 0.0336. The van der Waals surface area contributed by atoms with Crippen LogP contribution in [0, 0.1) is 5.41 Å². The van der Waals surface area contributed by atoms with Crippen LogP contribution in [0.25, 0.3) is 0 Å². The lowest BCUT2D eigenvalue weighted by Gasteiger charge is -2.49. The standard InChI is InChI=1S/C15H28N2O3.C2HF3O2/c1-12(2)17-7-4-15(5-8-17)6-9-20-10-13(15)16-14(18)11-19-3;3-2(4,5)1(6)7/h12-13H,4-11H2,1-3H3,(H,16,18);(H,6,7). The van der Waals surface area contributed by atoms with Gasteiger partial charge in [-0.2, -0.15) is 13.2 Å². The Hall–Kier alpha value is -1.39. The zero-order valence-corrected chi connectivity index (χ0v) is 16.0. The van der Waals surface area contributed by atoms with Crippen molar-refractivity contribution in [2.75, 3.05) is 40.0 Å². The van der Waals surface area contributed by atoms with Crippen LogP contribution in [0.5, 0.6) is 0 Å². The van der Waals surface area contributed by atoms with Gasteiger partial charge in [-0.1, -0.05) is 0 Å². The Balaban J connectivity index is 0.000000445. The van der Waals surface area contributed by atoms with E-state index in [1.807, 2.05) is 0 Å². The molecule has 0 saturated carbocycles. The lowest BCUT2D eigenvalue weighted by atomic mass is 9.69. The average molecular weight is 398 g/mol. The van der Waals surface area contributed by atoms with E-state index in [0.29, 0.717) is 12.6 Å². The van der Waals surface area contributed by atoms with Crippen LogP contribution in [0.2, 0.25) is 0 Å². The number of carboxylic acid groups (broad SMARTS) is 1. The zero-order valence-electron chi connectivity index (χ0n) is 16.0. The molecule has 2 aliphatic rings. The fourth-order valence-electron chi connectivity index (χ4n) is 3.47. The summed E-state index contributed by atoms with van der Waals surface area (Å²) in [7, 11) is 1.55. The number of rotatable bonds is 4. The second-order valence-electron chi connectivity index (χ2n) is 7.17. The summed E-state index contributed by atoms with van der Waals surface area (Å²) in [6.07, 6.45) is -1.74. The van der Waals surface area contributed by atoms with Crippen LogP contribution < -0.4 is 5.32 Å². The summed E-state index contributed by atoms with van der Waals surface area (Å²) in [6.45, 7) is 8.32. The molecule has 2 heterocycles. The molecule has 1 amide bonds. The number of piperidine rings is 1. The molecule has 0 aliphatic carbocycles. The molecule has 2 fully saturated rings. The highest BCUT2D eigenvalue weighted by atomic mass is 19.4. The Labute approximate surface area is 157 Å². The predicted octanol–water partition coefficient (Wildman–Crippen LogP) is 1.66. The molecule has 1 spiro atoms. The first-order valence-corrected chi connectivity index (χ1v) is 8.92. The Bertz CT molecular complexity index is 491. The van der Waals surface area contributed by atoms with Crippen molar-refractivity contribution in [1.82, 2.24) is 10.2 Å². The Morgan fingerprint density at radius 2 is 1.85 bits per heavy atom. The molecular formula is C17H29F3N2O5. The zero-order chi connectivity index (χ0) is 20.7. The second-order valence-corrected chi connectivity index (χ2v) is 7.17. The van der Waals surface area contributed by atoms with Gasteiger partial charge in [0.25, 0.3) is 0 Å². The third kappa shape index (κ3) is 7.27. The van der Waals surface area contributed by atoms with Crippen molar-refractivity contribution in [3.63, 3.8) is 0 Å². The molecule has 0 aromatic rings. The molecule has 158 valence electrons. The molecule has 27 heavy (non-hydrogen) atoms. The van der Waals surface area contributed by atoms with E-state index in [0.717, 1.165) is 39.0 Å². The molecule has 0 aromatic heterocycles. The number of methoxy groups -OCH3 is 1. The summed E-state index contributed by atoms with van der Waals surface area (Å²) in [6, 6.07) is 0.738. The predicted molar refractivity (Wildman–Crippen MR) is 91.3 cm³/mol. The van der Waals surface area contributed by atoms with Crippen LogP contribution in [-0.4, -0.2) is 80.2 Å². The monoisotopic (exact) mass is 398 g/mol. The Morgan fingerprint density at radius 1 is 1.30 bits per heavy atom. The molecule has 2 aliphatic heterocycles. The molecule has 0 aromatic carbocycles. The lowest BCUT2D eigenvalue weighted by molar-refractivity contribution is -0.192. The number of halogens is 3. The fraction of sp³-hybridized carbons (Fsp3) is 0.882. The average Bonchev–Trinajstić information content (AvgIpc) is 2.57. The maximum absolute atomic E-state index is 11.8. The minimum Gasteiger partial charge on any atom is -0.475 e. The first-order valence-electron chi connectivity index (χ1n) is 8.92. The largest absolute Gasteiger partial charge is 0.490 e. The van der Waals surface area contributed by atoms with Gasteiger partial charge >= 0.3 is 12.1 Å². The second kappa shape index (κ2) is 10.2. The highest BCUT2D eigenvalue weighted by Crippen LogP contribution is 2.41. The van der Waals surface area contributed by atoms with Crippen molar-refractivity contribution in [2.45, 2.75) is 51.4 Å². The van der Waals surface area contributed by atoms with Crippen molar-refractivity contribution in [3.8, 4) is 0 Å². The van der Waals surface area contributed by atoms with Crippen molar-refractivity contribution in [2.24, 2.45) is 5.41 Å². The van der Waals surface area contributed by atoms with Crippen molar-refractivity contribution < 1.29 is 37.3 Å². The van der Waals surface area contributed by atoms with Gasteiger partial charge in [0.05, 0.1) is 12.6 Å². The molecular weight excluding hydrogens is 369 g/mol. The Morgan fingerprint density at radius 3 is 2.30 bits per heavy atom. The topological polar surface area (TPSA) is 88.1 Å². The number of hydrogen-bond acceptors (Lipinski definition) is 5. The number of likely N-dealkylation sites (tertiary alicyclic amines) is 1. The van der Waals surface area contributed by atoms with Gasteiger partial charge in [0.15, 0.2) is 0 Å². The highest BCUT2D eigenvalue weighted by Gasteiger charge is 2.44. The van der Waals surface area contributed by atoms with Gasteiger partial charge in [-0.05, 0) is 51.6 Å². The quantitative estimate of drug-likeness (QED) is 0.749. The highest BCUT2D eigenvalue weighted by molar-refractivity contribution is 5.77. The van der Waals surface area contributed by atoms with Gasteiger partial charge in [0, 0.05) is 19.8 Å². The molecule has 2 N–H and O–H groups in total. The maximum atomic E-state index is 11.8. The number of carbonyl (C=O) groups excluding carboxylic acids is 1. The molecule has 2 rings (SSSR count). The first kappa shape index (κ1) is 23.6. The summed E-state index contributed by atoms with van der Waals surface area (Å²) in [4.78, 5) is 23.2. The van der Waals surface area contributed by atoms with E-state index < -0.39 is 12.1 Å². The molecule has 7 nitrogen and oxygen atoms in total. The number of nitrogens with one attached hydrogen (secondary N) is 1. The van der Waals surface area contributed by atoms with E-state index in [9.17, 15) is 18.0 Å². The third-order valence-electron chi connectivity index (χ3n) is 5.15. The van der Waals surface area contributed by atoms with E-state index >= 15 is 0 Å². The Kier molecular flexibility index (Phi) is 8.97. The fourth-order valence-corrected chi connectivity index (χ4v) is 3.47. The van der Waals surface area contributed by atoms with Gasteiger partial charge in [0.2, 0.25) is 5.91 Å². The molecule has 2 saturated heterocycles. The summed E-state index contributed by atoms with van der Waals surface area (Å²) in [5.74, 6) is -2.79. The van der Waals surface area contributed by atoms with Gasteiger partial charge in [0.1, 0.15) is 6.61 Å². The summed E-state index contributed by atoms with van der Waals surface area (Å²) in [5, 5.41) is 10.2. The van der Waals surface area contributed by atoms with Crippen LogP contribution in [-0.2, 0) is 19.1 Å². The van der Waals surface area contributed by atoms with Crippen LogP contribution in [0.4, 0.5) is 13.2 Å². The van der Waals surface area contributed by atoms with Crippen LogP contribution in [0.1, 0.15) is 33.1 Å². The maximum Gasteiger partial charge on any atom is 0.490 e. The van der Waals surface area contributed by atoms with E-state index in [1.165, 1.54) is 0 Å². The number of ether oxygens (including phenoxy) is 2. The number of alkyl halides is 3. The van der Waals surface area contributed by atoms with E-state index in [4.69, 9.17) is 19.4 Å². The van der Waals surface area contributed by atoms with Gasteiger partial charge in [-0.15, -0.1) is 0 Å². The minimum atomic E-state index is -5.08. The SMILES string of the molecule is COCC(=O)NC1COCCC12CCN(C(C)C)CC2.O=C(O)C(F)(F)F. The van der Waals surface area contributed by atoms with E-state index in [1.54, 1.807) is 7.11 Å². The third-order valence-corrected chi connectivity index (χ3v) is 5.15. The normalized spacial score (nSPS) is 22.9. The molecule has 0 bridgehead atoms. The number of amides is 1. The molecule has 1 atom stereocenters. The molecule has 0 radical (unpaired) electrons. The first-order chi connectivity index (χ1) is 12.5. The number of aliphatic carboxylic acids is 1. The van der Waals surface area contributed by atoms with Gasteiger partial charge in [-0.25, -0.2) is 4.79 Å². The molecule has 10 heteroatoms. The van der Waals surface area contributed by atoms with Crippen molar-refractivity contribution in [3.05, 3.63) is 0 Å². The van der Waals surface area contributed by atoms with E-state index in [-0.39, 0.29) is 24.0 Å². The van der Waals surface area contributed by atoms with Gasteiger partial charge < -0.3 is 24.8 Å². The van der Waals surface area contributed by atoms with Crippen molar-refractivity contribution in [1.29, 1.82) is 0 Å². The number of carbonyl (C=O) groups is 2. The number of hydrogen-bond donors (Lipinski definition) is 2. The summed E-state index contributed by atoms with van der Waals surface area (Å²) >= 11 is 0. The summed E-state index contributed by atoms with van der Waals surface area (Å²) < 4.78 is 42.2.